The number of carboxylic acids is 1. The molecule has 1 saturated heterocycles. The van der Waals surface area contributed by atoms with Crippen LogP contribution in [0.5, 0.6) is 0 Å². The van der Waals surface area contributed by atoms with Crippen LogP contribution in [0.1, 0.15) is 10.5 Å². The van der Waals surface area contributed by atoms with E-state index in [1.165, 1.54) is 22.7 Å². The van der Waals surface area contributed by atoms with Crippen LogP contribution >= 0.6 is 23.4 Å². The predicted molar refractivity (Wildman–Crippen MR) is 81.7 cm³/mol. The largest absolute Gasteiger partial charge is 0.480 e. The zero-order chi connectivity index (χ0) is 15.0. The minimum atomic E-state index is -1.000. The highest BCUT2D eigenvalue weighted by Crippen LogP contribution is 2.26. The molecule has 0 spiro atoms. The Morgan fingerprint density at radius 3 is 2.90 bits per heavy atom. The summed E-state index contributed by atoms with van der Waals surface area (Å²) in [4.78, 5) is 29.3. The van der Waals surface area contributed by atoms with E-state index in [9.17, 15) is 9.59 Å². The molecular formula is C14H11ClN2O3S. The van der Waals surface area contributed by atoms with E-state index >= 15 is 0 Å². The molecule has 5 nitrogen and oxygen atoms in total. The fourth-order valence-electron chi connectivity index (χ4n) is 2.24. The molecule has 0 aliphatic carbocycles. The first-order valence-electron chi connectivity index (χ1n) is 6.25. The Kier molecular flexibility index (Phi) is 3.73. The average Bonchev–Trinajstić information content (AvgIpc) is 2.96. The zero-order valence-corrected chi connectivity index (χ0v) is 12.4. The summed E-state index contributed by atoms with van der Waals surface area (Å²) in [5.41, 5.74) is 0.791. The van der Waals surface area contributed by atoms with Gasteiger partial charge in [0.15, 0.2) is 0 Å². The monoisotopic (exact) mass is 322 g/mol. The van der Waals surface area contributed by atoms with Crippen molar-refractivity contribution in [3.63, 3.8) is 0 Å². The molecule has 3 rings (SSSR count). The summed E-state index contributed by atoms with van der Waals surface area (Å²) >= 11 is 7.59. The van der Waals surface area contributed by atoms with Crippen LogP contribution in [0.25, 0.3) is 10.9 Å². The number of hydrogen-bond donors (Lipinski definition) is 1. The number of amides is 1. The van der Waals surface area contributed by atoms with Gasteiger partial charge < -0.3 is 10.0 Å². The van der Waals surface area contributed by atoms with Gasteiger partial charge in [-0.05, 0) is 12.1 Å². The van der Waals surface area contributed by atoms with E-state index in [1.807, 2.05) is 18.2 Å². The summed E-state index contributed by atoms with van der Waals surface area (Å²) in [5, 5.41) is 10.4. The van der Waals surface area contributed by atoms with Crippen LogP contribution in [0.2, 0.25) is 5.02 Å². The van der Waals surface area contributed by atoms with Crippen molar-refractivity contribution in [2.75, 3.05) is 11.6 Å². The van der Waals surface area contributed by atoms with E-state index in [0.29, 0.717) is 22.2 Å². The maximum atomic E-state index is 12.5. The quantitative estimate of drug-likeness (QED) is 0.919. The number of hydrogen-bond acceptors (Lipinski definition) is 4. The molecule has 1 aliphatic heterocycles. The third-order valence-electron chi connectivity index (χ3n) is 3.31. The first kappa shape index (κ1) is 14.2. The van der Waals surface area contributed by atoms with Gasteiger partial charge in [0.1, 0.15) is 11.7 Å². The number of fused-ring (bicyclic) bond motifs is 1. The van der Waals surface area contributed by atoms with Crippen molar-refractivity contribution in [2.45, 2.75) is 6.04 Å². The van der Waals surface area contributed by atoms with Gasteiger partial charge in [-0.25, -0.2) is 9.78 Å². The number of aliphatic carboxylic acids is 1. The van der Waals surface area contributed by atoms with Gasteiger partial charge in [-0.3, -0.25) is 4.79 Å². The number of nitrogens with zero attached hydrogens (tertiary/aromatic N) is 2. The lowest BCUT2D eigenvalue weighted by Crippen LogP contribution is -2.42. The minimum absolute atomic E-state index is 0.174. The zero-order valence-electron chi connectivity index (χ0n) is 10.8. The molecule has 1 aliphatic rings. The molecule has 2 heterocycles. The molecule has 2 aromatic rings. The SMILES string of the molecule is O=C(O)C1CSCN1C(=O)c1cc(Cl)c2ccccc2n1. The summed E-state index contributed by atoms with van der Waals surface area (Å²) in [7, 11) is 0. The second-order valence-corrected chi connectivity index (χ2v) is 6.04. The Hall–Kier alpha value is -1.79. The van der Waals surface area contributed by atoms with E-state index in [4.69, 9.17) is 16.7 Å². The average molecular weight is 323 g/mol. The topological polar surface area (TPSA) is 70.5 Å². The van der Waals surface area contributed by atoms with Crippen LogP contribution in [0.4, 0.5) is 0 Å². The van der Waals surface area contributed by atoms with Crippen molar-refractivity contribution >= 4 is 46.1 Å². The third-order valence-corrected chi connectivity index (χ3v) is 4.64. The predicted octanol–water partition coefficient (Wildman–Crippen LogP) is 2.49. The van der Waals surface area contributed by atoms with Gasteiger partial charge in [0.25, 0.3) is 5.91 Å². The van der Waals surface area contributed by atoms with Crippen molar-refractivity contribution in [2.24, 2.45) is 0 Å². The molecule has 1 atom stereocenters. The van der Waals surface area contributed by atoms with Gasteiger partial charge in [-0.2, -0.15) is 0 Å². The molecule has 0 bridgehead atoms. The number of thioether (sulfide) groups is 1. The molecule has 1 fully saturated rings. The lowest BCUT2D eigenvalue weighted by molar-refractivity contribution is -0.140. The van der Waals surface area contributed by atoms with E-state index in [0.717, 1.165) is 5.39 Å². The lowest BCUT2D eigenvalue weighted by Gasteiger charge is -2.20. The summed E-state index contributed by atoms with van der Waals surface area (Å²) in [6.45, 7) is 0. The lowest BCUT2D eigenvalue weighted by atomic mass is 10.2. The summed E-state index contributed by atoms with van der Waals surface area (Å²) < 4.78 is 0. The van der Waals surface area contributed by atoms with Crippen molar-refractivity contribution < 1.29 is 14.7 Å². The Morgan fingerprint density at radius 2 is 2.14 bits per heavy atom. The number of benzene rings is 1. The highest BCUT2D eigenvalue weighted by atomic mass is 35.5. The van der Waals surface area contributed by atoms with E-state index in [-0.39, 0.29) is 5.69 Å². The molecule has 0 saturated carbocycles. The Labute approximate surface area is 129 Å². The molecule has 1 unspecified atom stereocenters. The van der Waals surface area contributed by atoms with Crippen molar-refractivity contribution in [3.8, 4) is 0 Å². The van der Waals surface area contributed by atoms with E-state index in [2.05, 4.69) is 4.98 Å². The second kappa shape index (κ2) is 5.54. The molecule has 7 heteroatoms. The number of carboxylic acid groups (broad SMARTS) is 1. The first-order chi connectivity index (χ1) is 10.1. The fraction of sp³-hybridized carbons (Fsp3) is 0.214. The molecule has 1 aromatic heterocycles. The van der Waals surface area contributed by atoms with Crippen molar-refractivity contribution in [1.29, 1.82) is 0 Å². The molecule has 108 valence electrons. The van der Waals surface area contributed by atoms with Gasteiger partial charge >= 0.3 is 5.97 Å². The Bertz CT molecular complexity index is 737. The maximum Gasteiger partial charge on any atom is 0.327 e. The smallest absolute Gasteiger partial charge is 0.327 e. The van der Waals surface area contributed by atoms with E-state index in [1.54, 1.807) is 6.07 Å². The molecule has 21 heavy (non-hydrogen) atoms. The third kappa shape index (κ3) is 2.56. The van der Waals surface area contributed by atoms with Gasteiger partial charge in [-0.1, -0.05) is 29.8 Å². The van der Waals surface area contributed by atoms with Gasteiger partial charge in [0, 0.05) is 11.1 Å². The second-order valence-electron chi connectivity index (χ2n) is 4.64. The van der Waals surface area contributed by atoms with Crippen LogP contribution in [0.3, 0.4) is 0 Å². The number of carbonyl (C=O) groups excluding carboxylic acids is 1. The van der Waals surface area contributed by atoms with Gasteiger partial charge in [-0.15, -0.1) is 11.8 Å². The highest BCUT2D eigenvalue weighted by molar-refractivity contribution is 7.99. The summed E-state index contributed by atoms with van der Waals surface area (Å²) in [5.74, 6) is -0.662. The molecule has 0 radical (unpaired) electrons. The number of rotatable bonds is 2. The van der Waals surface area contributed by atoms with E-state index < -0.39 is 17.9 Å². The van der Waals surface area contributed by atoms with Crippen molar-refractivity contribution in [3.05, 3.63) is 41.0 Å². The minimum Gasteiger partial charge on any atom is -0.480 e. The number of pyridine rings is 1. The van der Waals surface area contributed by atoms with Crippen molar-refractivity contribution in [1.82, 2.24) is 9.88 Å². The molecule has 1 amide bonds. The van der Waals surface area contributed by atoms with Crippen LogP contribution in [-0.4, -0.2) is 44.5 Å². The highest BCUT2D eigenvalue weighted by Gasteiger charge is 2.35. The maximum absolute atomic E-state index is 12.5. The van der Waals surface area contributed by atoms with Crippen LogP contribution < -0.4 is 0 Å². The number of carbonyl (C=O) groups is 2. The van der Waals surface area contributed by atoms with Gasteiger partial charge in [0.2, 0.25) is 0 Å². The first-order valence-corrected chi connectivity index (χ1v) is 7.78. The standard InChI is InChI=1S/C14H11ClN2O3S/c15-9-5-11(16-10-4-2-1-3-8(9)10)13(18)17-7-21-6-12(17)14(19)20/h1-5,12H,6-7H2,(H,19,20). The summed E-state index contributed by atoms with van der Waals surface area (Å²) in [6.07, 6.45) is 0. The molecule has 1 N–H and O–H groups in total. The number of para-hydroxylation sites is 1. The number of halogens is 1. The summed E-state index contributed by atoms with van der Waals surface area (Å²) in [6, 6.07) is 7.93. The van der Waals surface area contributed by atoms with Crippen LogP contribution in [0, 0.1) is 0 Å². The van der Waals surface area contributed by atoms with Crippen LogP contribution in [0.15, 0.2) is 30.3 Å². The Balaban J connectivity index is 2.00. The number of aromatic nitrogens is 1. The normalized spacial score (nSPS) is 18.1. The van der Waals surface area contributed by atoms with Crippen LogP contribution in [-0.2, 0) is 4.79 Å². The fourth-order valence-corrected chi connectivity index (χ4v) is 3.65. The molecule has 1 aromatic carbocycles. The molecular weight excluding hydrogens is 312 g/mol. The van der Waals surface area contributed by atoms with Gasteiger partial charge in [0.05, 0.1) is 16.4 Å². The Morgan fingerprint density at radius 1 is 1.38 bits per heavy atom.